The van der Waals surface area contributed by atoms with Crippen LogP contribution in [0.1, 0.15) is 56.1 Å². The average molecular weight is 425 g/mol. The van der Waals surface area contributed by atoms with Gasteiger partial charge in [0.15, 0.2) is 0 Å². The minimum atomic E-state index is -0.0650. The van der Waals surface area contributed by atoms with Crippen LogP contribution in [0, 0.1) is 5.92 Å². The highest BCUT2D eigenvalue weighted by molar-refractivity contribution is 6.03. The molecule has 1 saturated carbocycles. The van der Waals surface area contributed by atoms with Gasteiger partial charge in [0, 0.05) is 17.9 Å². The van der Waals surface area contributed by atoms with Crippen molar-refractivity contribution in [2.75, 3.05) is 16.8 Å². The van der Waals surface area contributed by atoms with Crippen LogP contribution in [-0.4, -0.2) is 12.6 Å². The van der Waals surface area contributed by atoms with Gasteiger partial charge in [-0.05, 0) is 90.5 Å². The van der Waals surface area contributed by atoms with Crippen molar-refractivity contribution in [2.24, 2.45) is 5.92 Å². The molecule has 2 aliphatic rings. The number of hydrogen-bond donors (Lipinski definition) is 1. The molecule has 1 aliphatic heterocycles. The Morgan fingerprint density at radius 3 is 2.34 bits per heavy atom. The number of nitrogens with one attached hydrogen (secondary N) is 1. The zero-order valence-corrected chi connectivity index (χ0v) is 18.9. The lowest BCUT2D eigenvalue weighted by atomic mass is 9.77. The molecule has 0 bridgehead atoms. The zero-order chi connectivity index (χ0) is 21.9. The van der Waals surface area contributed by atoms with E-state index in [1.165, 1.54) is 54.4 Å². The summed E-state index contributed by atoms with van der Waals surface area (Å²) in [4.78, 5) is 14.6. The van der Waals surface area contributed by atoms with Gasteiger partial charge in [0.05, 0.1) is 0 Å². The predicted molar refractivity (Wildman–Crippen MR) is 133 cm³/mol. The molecule has 0 atom stereocenters. The van der Waals surface area contributed by atoms with Gasteiger partial charge in [0.2, 0.25) is 0 Å². The summed E-state index contributed by atoms with van der Waals surface area (Å²) in [5.74, 6) is 1.66. The average Bonchev–Trinajstić information content (AvgIpc) is 3.28. The van der Waals surface area contributed by atoms with E-state index in [2.05, 4.69) is 54.7 Å². The van der Waals surface area contributed by atoms with Gasteiger partial charge < -0.3 is 5.32 Å². The number of para-hydroxylation sites is 1. The van der Waals surface area contributed by atoms with Gasteiger partial charge in [-0.25, -0.2) is 4.79 Å². The molecule has 0 aromatic heterocycles. The van der Waals surface area contributed by atoms with Crippen molar-refractivity contribution in [3.05, 3.63) is 83.9 Å². The molecular weight excluding hydrogens is 392 g/mol. The van der Waals surface area contributed by atoms with Gasteiger partial charge in [0.1, 0.15) is 0 Å². The van der Waals surface area contributed by atoms with Crippen molar-refractivity contribution in [3.63, 3.8) is 0 Å². The molecule has 0 unspecified atom stereocenters. The Morgan fingerprint density at radius 2 is 1.62 bits per heavy atom. The predicted octanol–water partition coefficient (Wildman–Crippen LogP) is 7.63. The van der Waals surface area contributed by atoms with Crippen LogP contribution in [0.5, 0.6) is 0 Å². The third-order valence-corrected chi connectivity index (χ3v) is 7.38. The molecular formula is C29H32N2O. The highest BCUT2D eigenvalue weighted by Gasteiger charge is 2.25. The largest absolute Gasteiger partial charge is 0.326 e. The van der Waals surface area contributed by atoms with Gasteiger partial charge in [0.25, 0.3) is 0 Å². The highest BCUT2D eigenvalue weighted by atomic mass is 16.2. The van der Waals surface area contributed by atoms with E-state index < -0.39 is 0 Å². The molecule has 1 N–H and O–H groups in total. The number of amides is 2. The Labute approximate surface area is 191 Å². The maximum absolute atomic E-state index is 12.8. The number of fused-ring (bicyclic) bond motifs is 1. The third kappa shape index (κ3) is 4.29. The molecule has 3 aromatic carbocycles. The smallest absolute Gasteiger partial charge is 0.308 e. The fourth-order valence-corrected chi connectivity index (χ4v) is 5.36. The number of hydrogen-bond acceptors (Lipinski definition) is 1. The van der Waals surface area contributed by atoms with Gasteiger partial charge >= 0.3 is 6.03 Å². The Hall–Kier alpha value is -3.07. The van der Waals surface area contributed by atoms with Crippen LogP contribution in [-0.2, 0) is 6.42 Å². The molecule has 0 radical (unpaired) electrons. The summed E-state index contributed by atoms with van der Waals surface area (Å²) in [6, 6.07) is 25.3. The van der Waals surface area contributed by atoms with Crippen LogP contribution < -0.4 is 10.2 Å². The second-order valence-electron chi connectivity index (χ2n) is 9.29. The first kappa shape index (κ1) is 20.8. The van der Waals surface area contributed by atoms with Crippen molar-refractivity contribution >= 4 is 17.4 Å². The van der Waals surface area contributed by atoms with Crippen molar-refractivity contribution in [3.8, 4) is 11.1 Å². The maximum Gasteiger partial charge on any atom is 0.326 e. The summed E-state index contributed by atoms with van der Waals surface area (Å²) < 4.78 is 0. The standard InChI is InChI=1S/C29H32N2O/c1-2-21-8-10-22(11-9-21)23-12-14-24(15-13-23)25-16-17-28-26(20-25)18-19-31(28)29(32)30-27-6-4-3-5-7-27/h3-7,12-17,20-22H,2,8-11,18-19H2,1H3,(H,30,32)/t21-,22-. The van der Waals surface area contributed by atoms with E-state index >= 15 is 0 Å². The Morgan fingerprint density at radius 1 is 0.906 bits per heavy atom. The molecule has 5 rings (SSSR count). The van der Waals surface area contributed by atoms with Gasteiger partial charge in [-0.3, -0.25) is 4.90 Å². The quantitative estimate of drug-likeness (QED) is 0.459. The van der Waals surface area contributed by atoms with Gasteiger partial charge in [-0.1, -0.05) is 61.9 Å². The number of anilines is 2. The second-order valence-corrected chi connectivity index (χ2v) is 9.29. The normalized spacial score (nSPS) is 20.1. The van der Waals surface area contributed by atoms with Crippen LogP contribution in [0.15, 0.2) is 72.8 Å². The minimum absolute atomic E-state index is 0.0650. The lowest BCUT2D eigenvalue weighted by Gasteiger charge is -2.28. The number of carbonyl (C=O) groups is 1. The molecule has 1 fully saturated rings. The van der Waals surface area contributed by atoms with E-state index in [-0.39, 0.29) is 6.03 Å². The highest BCUT2D eigenvalue weighted by Crippen LogP contribution is 2.38. The molecule has 1 aliphatic carbocycles. The van der Waals surface area contributed by atoms with Crippen molar-refractivity contribution in [2.45, 2.75) is 51.4 Å². The fraction of sp³-hybridized carbons (Fsp3) is 0.345. The van der Waals surface area contributed by atoms with Crippen LogP contribution in [0.3, 0.4) is 0 Å². The zero-order valence-electron chi connectivity index (χ0n) is 18.9. The first-order chi connectivity index (χ1) is 15.7. The Kier molecular flexibility index (Phi) is 5.98. The first-order valence-electron chi connectivity index (χ1n) is 12.1. The number of urea groups is 1. The molecule has 0 saturated heterocycles. The number of carbonyl (C=O) groups excluding carboxylic acids is 1. The van der Waals surface area contributed by atoms with E-state index in [1.807, 2.05) is 35.2 Å². The van der Waals surface area contributed by atoms with Crippen LogP contribution >= 0.6 is 0 Å². The van der Waals surface area contributed by atoms with Crippen LogP contribution in [0.4, 0.5) is 16.2 Å². The van der Waals surface area contributed by atoms with Gasteiger partial charge in [-0.2, -0.15) is 0 Å². The topological polar surface area (TPSA) is 32.3 Å². The van der Waals surface area contributed by atoms with Crippen LogP contribution in [0.25, 0.3) is 11.1 Å². The molecule has 3 aromatic rings. The summed E-state index contributed by atoms with van der Waals surface area (Å²) in [6.07, 6.45) is 7.64. The molecule has 3 nitrogen and oxygen atoms in total. The summed E-state index contributed by atoms with van der Waals surface area (Å²) in [6.45, 7) is 3.04. The molecule has 0 spiro atoms. The minimum Gasteiger partial charge on any atom is -0.308 e. The Bertz CT molecular complexity index is 1070. The van der Waals surface area contributed by atoms with E-state index in [1.54, 1.807) is 0 Å². The summed E-state index contributed by atoms with van der Waals surface area (Å²) in [5, 5.41) is 3.00. The lowest BCUT2D eigenvalue weighted by molar-refractivity contribution is 0.257. The number of nitrogens with zero attached hydrogens (tertiary/aromatic N) is 1. The molecule has 2 amide bonds. The first-order valence-corrected chi connectivity index (χ1v) is 12.1. The van der Waals surface area contributed by atoms with Crippen molar-refractivity contribution < 1.29 is 4.79 Å². The molecule has 1 heterocycles. The fourth-order valence-electron chi connectivity index (χ4n) is 5.36. The molecule has 32 heavy (non-hydrogen) atoms. The van der Waals surface area contributed by atoms with Gasteiger partial charge in [-0.15, -0.1) is 0 Å². The monoisotopic (exact) mass is 424 g/mol. The third-order valence-electron chi connectivity index (χ3n) is 7.38. The maximum atomic E-state index is 12.8. The molecule has 164 valence electrons. The van der Waals surface area contributed by atoms with E-state index in [0.29, 0.717) is 0 Å². The number of rotatable bonds is 4. The SMILES string of the molecule is CC[C@H]1CC[C@H](c2ccc(-c3ccc4c(c3)CCN4C(=O)Nc3ccccc3)cc2)CC1. The van der Waals surface area contributed by atoms with E-state index in [9.17, 15) is 4.79 Å². The lowest BCUT2D eigenvalue weighted by Crippen LogP contribution is -2.33. The van der Waals surface area contributed by atoms with E-state index in [4.69, 9.17) is 0 Å². The van der Waals surface area contributed by atoms with E-state index in [0.717, 1.165) is 36.2 Å². The molecule has 3 heteroatoms. The van der Waals surface area contributed by atoms with Crippen molar-refractivity contribution in [1.29, 1.82) is 0 Å². The summed E-state index contributed by atoms with van der Waals surface area (Å²) in [7, 11) is 0. The summed E-state index contributed by atoms with van der Waals surface area (Å²) >= 11 is 0. The van der Waals surface area contributed by atoms with Crippen molar-refractivity contribution in [1.82, 2.24) is 0 Å². The summed E-state index contributed by atoms with van der Waals surface area (Å²) in [5.41, 5.74) is 7.07. The second kappa shape index (κ2) is 9.20. The number of benzene rings is 3. The van der Waals surface area contributed by atoms with Crippen LogP contribution in [0.2, 0.25) is 0 Å². The Balaban J connectivity index is 1.28.